The van der Waals surface area contributed by atoms with Crippen molar-refractivity contribution in [1.29, 1.82) is 0 Å². The van der Waals surface area contributed by atoms with Gasteiger partial charge in [-0.15, -0.1) is 0 Å². The lowest BCUT2D eigenvalue weighted by Crippen LogP contribution is -2.31. The first-order chi connectivity index (χ1) is 9.40. The van der Waals surface area contributed by atoms with Gasteiger partial charge in [-0.05, 0) is 18.8 Å². The zero-order chi connectivity index (χ0) is 14.8. The fourth-order valence-corrected chi connectivity index (χ4v) is 2.39. The van der Waals surface area contributed by atoms with Gasteiger partial charge in [-0.2, -0.15) is 0 Å². The number of hydrogen-bond acceptors (Lipinski definition) is 4. The van der Waals surface area contributed by atoms with Gasteiger partial charge in [0.25, 0.3) is 0 Å². The molecule has 0 amide bonds. The van der Waals surface area contributed by atoms with Crippen LogP contribution in [0.25, 0.3) is 0 Å². The molecule has 0 aromatic carbocycles. The third-order valence-electron chi connectivity index (χ3n) is 3.88. The number of aromatic nitrogens is 2. The Labute approximate surface area is 122 Å². The Morgan fingerprint density at radius 2 is 2.00 bits per heavy atom. The minimum absolute atomic E-state index is 0.0458. The van der Waals surface area contributed by atoms with Gasteiger partial charge in [-0.25, -0.2) is 9.97 Å². The molecule has 1 heterocycles. The predicted molar refractivity (Wildman–Crippen MR) is 82.1 cm³/mol. The van der Waals surface area contributed by atoms with Crippen molar-refractivity contribution < 1.29 is 4.74 Å². The van der Waals surface area contributed by atoms with Crippen LogP contribution in [0.2, 0.25) is 0 Å². The minimum Gasteiger partial charge on any atom is -0.378 e. The second-order valence-corrected chi connectivity index (χ2v) is 6.90. The van der Waals surface area contributed by atoms with Crippen molar-refractivity contribution in [3.05, 3.63) is 17.6 Å². The molecule has 1 aliphatic rings. The molecule has 1 saturated carbocycles. The summed E-state index contributed by atoms with van der Waals surface area (Å²) in [5, 5.41) is 0. The monoisotopic (exact) mass is 277 g/mol. The van der Waals surface area contributed by atoms with Gasteiger partial charge in [-0.3, -0.25) is 0 Å². The van der Waals surface area contributed by atoms with E-state index in [1.807, 2.05) is 0 Å². The van der Waals surface area contributed by atoms with Gasteiger partial charge in [0.15, 0.2) is 0 Å². The molecule has 0 aliphatic heterocycles. The van der Waals surface area contributed by atoms with Gasteiger partial charge < -0.3 is 9.64 Å². The normalized spacial score (nSPS) is 16.1. The Morgan fingerprint density at radius 3 is 2.50 bits per heavy atom. The molecule has 4 heteroatoms. The zero-order valence-electron chi connectivity index (χ0n) is 13.4. The van der Waals surface area contributed by atoms with E-state index in [-0.39, 0.29) is 5.41 Å². The number of anilines is 1. The van der Waals surface area contributed by atoms with E-state index in [9.17, 15) is 0 Å². The van der Waals surface area contributed by atoms with Crippen LogP contribution in [0.3, 0.4) is 0 Å². The summed E-state index contributed by atoms with van der Waals surface area (Å²) < 4.78 is 5.23. The molecule has 1 aromatic heterocycles. The van der Waals surface area contributed by atoms with E-state index in [1.54, 1.807) is 7.11 Å². The van der Waals surface area contributed by atoms with Crippen LogP contribution in [0.1, 0.15) is 51.6 Å². The fraction of sp³-hybridized carbons (Fsp3) is 0.750. The SMILES string of the molecule is COCc1cc(N(C)CC2CCC2)nc(C(C)(C)C)n1. The molecule has 0 atom stereocenters. The second-order valence-electron chi connectivity index (χ2n) is 6.90. The van der Waals surface area contributed by atoms with Crippen LogP contribution in [0.5, 0.6) is 0 Å². The highest BCUT2D eigenvalue weighted by Gasteiger charge is 2.23. The number of ether oxygens (including phenoxy) is 1. The van der Waals surface area contributed by atoms with Gasteiger partial charge in [-0.1, -0.05) is 27.2 Å². The van der Waals surface area contributed by atoms with Gasteiger partial charge in [0.1, 0.15) is 11.6 Å². The van der Waals surface area contributed by atoms with Crippen LogP contribution in [0, 0.1) is 5.92 Å². The van der Waals surface area contributed by atoms with E-state index in [1.165, 1.54) is 19.3 Å². The molecule has 112 valence electrons. The third kappa shape index (κ3) is 3.69. The van der Waals surface area contributed by atoms with Crippen LogP contribution in [0.15, 0.2) is 6.07 Å². The van der Waals surface area contributed by atoms with Crippen molar-refractivity contribution in [2.75, 3.05) is 25.6 Å². The molecule has 0 spiro atoms. The van der Waals surface area contributed by atoms with Gasteiger partial charge >= 0.3 is 0 Å². The van der Waals surface area contributed by atoms with E-state index < -0.39 is 0 Å². The molecule has 0 unspecified atom stereocenters. The number of hydrogen-bond donors (Lipinski definition) is 0. The van der Waals surface area contributed by atoms with Crippen molar-refractivity contribution >= 4 is 5.82 Å². The first-order valence-corrected chi connectivity index (χ1v) is 7.48. The van der Waals surface area contributed by atoms with Crippen molar-refractivity contribution in [2.45, 2.75) is 52.1 Å². The zero-order valence-corrected chi connectivity index (χ0v) is 13.4. The molecule has 20 heavy (non-hydrogen) atoms. The summed E-state index contributed by atoms with van der Waals surface area (Å²) in [7, 11) is 3.83. The Morgan fingerprint density at radius 1 is 1.30 bits per heavy atom. The van der Waals surface area contributed by atoms with E-state index in [2.05, 4.69) is 43.8 Å². The Bertz CT molecular complexity index is 450. The van der Waals surface area contributed by atoms with Crippen LogP contribution >= 0.6 is 0 Å². The topological polar surface area (TPSA) is 38.2 Å². The standard InChI is InChI=1S/C16H27N3O/c1-16(2,3)15-17-13(11-20-5)9-14(18-15)19(4)10-12-7-6-8-12/h9,12H,6-8,10-11H2,1-5H3. The fourth-order valence-electron chi connectivity index (χ4n) is 2.39. The quantitative estimate of drug-likeness (QED) is 0.828. The van der Waals surface area contributed by atoms with E-state index >= 15 is 0 Å². The lowest BCUT2D eigenvalue weighted by molar-refractivity contribution is 0.181. The van der Waals surface area contributed by atoms with E-state index in [0.29, 0.717) is 6.61 Å². The Kier molecular flexibility index (Phi) is 4.63. The molecular formula is C16H27N3O. The molecule has 4 nitrogen and oxygen atoms in total. The molecule has 0 radical (unpaired) electrons. The molecular weight excluding hydrogens is 250 g/mol. The first kappa shape index (κ1) is 15.2. The van der Waals surface area contributed by atoms with Crippen LogP contribution in [0.4, 0.5) is 5.82 Å². The summed E-state index contributed by atoms with van der Waals surface area (Å²) in [6.07, 6.45) is 4.09. The highest BCUT2D eigenvalue weighted by atomic mass is 16.5. The van der Waals surface area contributed by atoms with Crippen LogP contribution < -0.4 is 4.90 Å². The molecule has 0 saturated heterocycles. The third-order valence-corrected chi connectivity index (χ3v) is 3.88. The number of rotatable bonds is 5. The molecule has 1 aliphatic carbocycles. The van der Waals surface area contributed by atoms with E-state index in [0.717, 1.165) is 29.8 Å². The van der Waals surface area contributed by atoms with Crippen LogP contribution in [-0.4, -0.2) is 30.7 Å². The molecule has 1 aromatic rings. The summed E-state index contributed by atoms with van der Waals surface area (Å²) in [6.45, 7) is 8.07. The average molecular weight is 277 g/mol. The molecule has 0 N–H and O–H groups in total. The number of nitrogens with zero attached hydrogens (tertiary/aromatic N) is 3. The van der Waals surface area contributed by atoms with Crippen molar-refractivity contribution in [3.8, 4) is 0 Å². The highest BCUT2D eigenvalue weighted by Crippen LogP contribution is 2.29. The Hall–Kier alpha value is -1.16. The van der Waals surface area contributed by atoms with Crippen molar-refractivity contribution in [2.24, 2.45) is 5.92 Å². The predicted octanol–water partition coefficient (Wildman–Crippen LogP) is 3.16. The minimum atomic E-state index is -0.0458. The largest absolute Gasteiger partial charge is 0.378 e. The summed E-state index contributed by atoms with van der Waals surface area (Å²) in [4.78, 5) is 11.6. The highest BCUT2D eigenvalue weighted by molar-refractivity contribution is 5.39. The maximum atomic E-state index is 5.23. The molecule has 0 bridgehead atoms. The molecule has 2 rings (SSSR count). The van der Waals surface area contributed by atoms with E-state index in [4.69, 9.17) is 9.72 Å². The lowest BCUT2D eigenvalue weighted by atomic mass is 9.85. The smallest absolute Gasteiger partial charge is 0.136 e. The summed E-state index contributed by atoms with van der Waals surface area (Å²) in [5.41, 5.74) is 0.915. The Balaban J connectivity index is 2.23. The first-order valence-electron chi connectivity index (χ1n) is 7.48. The van der Waals surface area contributed by atoms with Gasteiger partial charge in [0.05, 0.1) is 12.3 Å². The molecule has 1 fully saturated rings. The van der Waals surface area contributed by atoms with Gasteiger partial charge in [0.2, 0.25) is 0 Å². The summed E-state index contributed by atoms with van der Waals surface area (Å²) in [5.74, 6) is 2.74. The summed E-state index contributed by atoms with van der Waals surface area (Å²) >= 11 is 0. The second kappa shape index (κ2) is 6.08. The maximum absolute atomic E-state index is 5.23. The summed E-state index contributed by atoms with van der Waals surface area (Å²) in [6, 6.07) is 2.05. The maximum Gasteiger partial charge on any atom is 0.136 e. The number of methoxy groups -OCH3 is 1. The van der Waals surface area contributed by atoms with Crippen LogP contribution in [-0.2, 0) is 16.8 Å². The van der Waals surface area contributed by atoms with Gasteiger partial charge in [0, 0.05) is 32.2 Å². The van der Waals surface area contributed by atoms with Crippen molar-refractivity contribution in [1.82, 2.24) is 9.97 Å². The average Bonchev–Trinajstić information content (AvgIpc) is 2.32. The van der Waals surface area contributed by atoms with Crippen molar-refractivity contribution in [3.63, 3.8) is 0 Å². The lowest BCUT2D eigenvalue weighted by Gasteiger charge is -2.31.